The number of alkyl halides is 3. The molecular formula is C19H18ClF5N6O. The van der Waals surface area contributed by atoms with Crippen molar-refractivity contribution >= 4 is 23.2 Å². The molecule has 1 aliphatic carbocycles. The summed E-state index contributed by atoms with van der Waals surface area (Å²) < 4.78 is 76.2. The number of ether oxygens (including phenoxy) is 1. The summed E-state index contributed by atoms with van der Waals surface area (Å²) in [6.45, 7) is 0.849. The SMILES string of the molecule is CNC1CC(Oc2cc(F)c(-c3c(Cl)nc4ncnn4c3N[C@@H](C)C(F)(F)F)c(F)c2)C1. The van der Waals surface area contributed by atoms with E-state index in [9.17, 15) is 13.2 Å². The molecule has 1 aromatic carbocycles. The number of rotatable bonds is 6. The summed E-state index contributed by atoms with van der Waals surface area (Å²) >= 11 is 6.14. The maximum Gasteiger partial charge on any atom is 0.408 e. The van der Waals surface area contributed by atoms with Gasteiger partial charge in [0, 0.05) is 18.2 Å². The Kier molecular flexibility index (Phi) is 5.84. The Morgan fingerprint density at radius 1 is 1.19 bits per heavy atom. The first-order valence-corrected chi connectivity index (χ1v) is 10.0. The Morgan fingerprint density at radius 2 is 1.84 bits per heavy atom. The quantitative estimate of drug-likeness (QED) is 0.410. The molecule has 1 fully saturated rings. The van der Waals surface area contributed by atoms with E-state index in [0.717, 1.165) is 29.9 Å². The summed E-state index contributed by atoms with van der Waals surface area (Å²) in [4.78, 5) is 7.68. The van der Waals surface area contributed by atoms with Crippen LogP contribution >= 0.6 is 11.6 Å². The van der Waals surface area contributed by atoms with E-state index >= 15 is 8.78 Å². The van der Waals surface area contributed by atoms with Crippen molar-refractivity contribution in [1.29, 1.82) is 0 Å². The average molecular weight is 477 g/mol. The van der Waals surface area contributed by atoms with Gasteiger partial charge >= 0.3 is 6.18 Å². The molecule has 0 aliphatic heterocycles. The molecule has 1 saturated carbocycles. The van der Waals surface area contributed by atoms with Crippen molar-refractivity contribution in [3.63, 3.8) is 0 Å². The molecule has 32 heavy (non-hydrogen) atoms. The van der Waals surface area contributed by atoms with Crippen LogP contribution in [-0.4, -0.2) is 51.0 Å². The van der Waals surface area contributed by atoms with Gasteiger partial charge in [0.15, 0.2) is 0 Å². The Morgan fingerprint density at radius 3 is 2.44 bits per heavy atom. The molecule has 2 aromatic heterocycles. The van der Waals surface area contributed by atoms with Crippen LogP contribution in [0.3, 0.4) is 0 Å². The van der Waals surface area contributed by atoms with E-state index in [0.29, 0.717) is 12.8 Å². The van der Waals surface area contributed by atoms with Crippen molar-refractivity contribution < 1.29 is 26.7 Å². The van der Waals surface area contributed by atoms with Crippen LogP contribution in [0.1, 0.15) is 19.8 Å². The molecular weight excluding hydrogens is 459 g/mol. The summed E-state index contributed by atoms with van der Waals surface area (Å²) in [5.41, 5.74) is -1.08. The zero-order valence-electron chi connectivity index (χ0n) is 16.8. The molecule has 0 spiro atoms. The number of anilines is 1. The maximum absolute atomic E-state index is 15.1. The predicted octanol–water partition coefficient (Wildman–Crippen LogP) is 4.21. The second-order valence-corrected chi connectivity index (χ2v) is 7.82. The molecule has 13 heteroatoms. The number of halogens is 6. The Balaban J connectivity index is 1.77. The minimum Gasteiger partial charge on any atom is -0.490 e. The van der Waals surface area contributed by atoms with E-state index in [2.05, 4.69) is 25.7 Å². The van der Waals surface area contributed by atoms with Gasteiger partial charge < -0.3 is 15.4 Å². The topological polar surface area (TPSA) is 76.4 Å². The van der Waals surface area contributed by atoms with Crippen LogP contribution in [0.2, 0.25) is 5.15 Å². The van der Waals surface area contributed by atoms with Gasteiger partial charge in [-0.15, -0.1) is 0 Å². The van der Waals surface area contributed by atoms with Crippen molar-refractivity contribution in [2.75, 3.05) is 12.4 Å². The van der Waals surface area contributed by atoms with Crippen LogP contribution in [0.5, 0.6) is 5.75 Å². The van der Waals surface area contributed by atoms with Gasteiger partial charge in [0.25, 0.3) is 5.78 Å². The fourth-order valence-corrected chi connectivity index (χ4v) is 3.66. The first-order valence-electron chi connectivity index (χ1n) is 9.64. The molecule has 172 valence electrons. The van der Waals surface area contributed by atoms with E-state index in [4.69, 9.17) is 16.3 Å². The van der Waals surface area contributed by atoms with Crippen molar-refractivity contribution in [3.8, 4) is 16.9 Å². The summed E-state index contributed by atoms with van der Waals surface area (Å²) in [6.07, 6.45) is -2.44. The van der Waals surface area contributed by atoms with Gasteiger partial charge in [-0.25, -0.2) is 8.78 Å². The van der Waals surface area contributed by atoms with Crippen molar-refractivity contribution in [1.82, 2.24) is 24.9 Å². The predicted molar refractivity (Wildman–Crippen MR) is 107 cm³/mol. The van der Waals surface area contributed by atoms with E-state index in [1.807, 2.05) is 7.05 Å². The monoisotopic (exact) mass is 476 g/mol. The van der Waals surface area contributed by atoms with Crippen molar-refractivity contribution in [2.45, 2.75) is 44.1 Å². The molecule has 1 aliphatic rings. The van der Waals surface area contributed by atoms with Gasteiger partial charge in [-0.05, 0) is 26.8 Å². The lowest BCUT2D eigenvalue weighted by atomic mass is 9.89. The number of hydrogen-bond acceptors (Lipinski definition) is 6. The molecule has 1 atom stereocenters. The molecule has 0 unspecified atom stereocenters. The van der Waals surface area contributed by atoms with Gasteiger partial charge in [0.1, 0.15) is 46.8 Å². The number of benzene rings is 1. The fraction of sp³-hybridized carbons (Fsp3) is 0.421. The second kappa shape index (κ2) is 8.32. The third kappa shape index (κ3) is 4.16. The number of hydrogen-bond donors (Lipinski definition) is 2. The summed E-state index contributed by atoms with van der Waals surface area (Å²) in [5.74, 6) is -2.72. The average Bonchev–Trinajstić information content (AvgIpc) is 3.13. The van der Waals surface area contributed by atoms with Crippen LogP contribution in [0, 0.1) is 11.6 Å². The summed E-state index contributed by atoms with van der Waals surface area (Å²) in [7, 11) is 1.81. The molecule has 0 amide bonds. The lowest BCUT2D eigenvalue weighted by Crippen LogP contribution is -2.45. The van der Waals surface area contributed by atoms with Crippen LogP contribution in [0.15, 0.2) is 18.5 Å². The van der Waals surface area contributed by atoms with E-state index in [1.54, 1.807) is 0 Å². The molecule has 4 rings (SSSR count). The lowest BCUT2D eigenvalue weighted by Gasteiger charge is -2.35. The lowest BCUT2D eigenvalue weighted by molar-refractivity contribution is -0.138. The van der Waals surface area contributed by atoms with Crippen LogP contribution in [0.4, 0.5) is 27.8 Å². The first-order chi connectivity index (χ1) is 15.1. The zero-order valence-corrected chi connectivity index (χ0v) is 17.6. The van der Waals surface area contributed by atoms with Gasteiger partial charge in [0.05, 0.1) is 11.1 Å². The third-order valence-electron chi connectivity index (χ3n) is 5.30. The van der Waals surface area contributed by atoms with Crippen LogP contribution in [-0.2, 0) is 0 Å². The van der Waals surface area contributed by atoms with E-state index in [1.165, 1.54) is 0 Å². The van der Waals surface area contributed by atoms with Gasteiger partial charge in [0.2, 0.25) is 0 Å². The summed E-state index contributed by atoms with van der Waals surface area (Å²) in [5, 5.41) is 8.63. The largest absolute Gasteiger partial charge is 0.490 e. The standard InChI is InChI=1S/C19H18ClF5N6O/c1-8(19(23,24)25)29-17-15(16(20)30-18-27-7-28-31(17)18)14-12(21)5-11(6-13(14)22)32-10-3-9(4-10)26-2/h5-10,26,29H,3-4H2,1-2H3/t8-,9?,10?/m0/s1. The third-order valence-corrected chi connectivity index (χ3v) is 5.57. The normalized spacial score (nSPS) is 19.6. The molecule has 0 saturated heterocycles. The number of aromatic nitrogens is 4. The fourth-order valence-electron chi connectivity index (χ4n) is 3.41. The highest BCUT2D eigenvalue weighted by Crippen LogP contribution is 2.40. The highest BCUT2D eigenvalue weighted by Gasteiger charge is 2.38. The smallest absolute Gasteiger partial charge is 0.408 e. The van der Waals surface area contributed by atoms with Gasteiger partial charge in [-0.3, -0.25) is 0 Å². The highest BCUT2D eigenvalue weighted by molar-refractivity contribution is 6.33. The number of nitrogens with zero attached hydrogens (tertiary/aromatic N) is 4. The van der Waals surface area contributed by atoms with Crippen LogP contribution < -0.4 is 15.4 Å². The number of nitrogens with one attached hydrogen (secondary N) is 2. The van der Waals surface area contributed by atoms with Crippen molar-refractivity contribution in [2.24, 2.45) is 0 Å². The van der Waals surface area contributed by atoms with Gasteiger partial charge in [-0.1, -0.05) is 11.6 Å². The molecule has 2 heterocycles. The second-order valence-electron chi connectivity index (χ2n) is 7.46. The summed E-state index contributed by atoms with van der Waals surface area (Å²) in [6, 6.07) is 0.116. The minimum atomic E-state index is -4.65. The molecule has 0 bridgehead atoms. The van der Waals surface area contributed by atoms with E-state index in [-0.39, 0.29) is 23.7 Å². The van der Waals surface area contributed by atoms with Crippen LogP contribution in [0.25, 0.3) is 16.9 Å². The number of fused-ring (bicyclic) bond motifs is 1. The van der Waals surface area contributed by atoms with Gasteiger partial charge in [-0.2, -0.15) is 32.8 Å². The molecule has 3 aromatic rings. The molecule has 7 nitrogen and oxygen atoms in total. The molecule has 0 radical (unpaired) electrons. The van der Waals surface area contributed by atoms with Crippen molar-refractivity contribution in [3.05, 3.63) is 35.2 Å². The van der Waals surface area contributed by atoms with E-state index < -0.39 is 46.0 Å². The zero-order chi connectivity index (χ0) is 23.2. The Bertz CT molecular complexity index is 1120. The maximum atomic E-state index is 15.1. The highest BCUT2D eigenvalue weighted by atomic mass is 35.5. The first kappa shape index (κ1) is 22.5. The Hall–Kier alpha value is -2.73. The molecule has 2 N–H and O–H groups in total. The Labute approximate surface area is 183 Å². The minimum absolute atomic E-state index is 0.0348.